The number of urea groups is 1. The summed E-state index contributed by atoms with van der Waals surface area (Å²) in [5.41, 5.74) is -2.82. The van der Waals surface area contributed by atoms with E-state index < -0.39 is 34.7 Å². The molecule has 0 aliphatic heterocycles. The third kappa shape index (κ3) is 6.23. The zero-order valence-electron chi connectivity index (χ0n) is 19.8. The zero-order chi connectivity index (χ0) is 26.7. The van der Waals surface area contributed by atoms with Crippen LogP contribution in [0.25, 0.3) is 0 Å². The maximum atomic E-state index is 14.7. The molecule has 1 fully saturated rings. The summed E-state index contributed by atoms with van der Waals surface area (Å²) in [6.07, 6.45) is -0.471. The number of aromatic nitrogens is 1. The average Bonchev–Trinajstić information content (AvgIpc) is 3.32. The molecule has 1 aromatic heterocycles. The number of aliphatic hydroxyl groups excluding tert-OH is 1. The first kappa shape index (κ1) is 27.3. The van der Waals surface area contributed by atoms with Crippen LogP contribution in [0.15, 0.2) is 66.9 Å². The second-order valence-electron chi connectivity index (χ2n) is 9.38. The largest absolute Gasteiger partial charge is 0.416 e. The van der Waals surface area contributed by atoms with E-state index in [-0.39, 0.29) is 24.3 Å². The lowest BCUT2D eigenvalue weighted by Crippen LogP contribution is -2.58. The highest BCUT2D eigenvalue weighted by molar-refractivity contribution is 14.1. The summed E-state index contributed by atoms with van der Waals surface area (Å²) in [5.74, 6) is -1.09. The summed E-state index contributed by atoms with van der Waals surface area (Å²) >= 11 is 2.05. The molecule has 2 amide bonds. The molecule has 2 aromatic carbocycles. The van der Waals surface area contributed by atoms with Crippen molar-refractivity contribution in [3.8, 4) is 0 Å². The second-order valence-corrected chi connectivity index (χ2v) is 10.6. The van der Waals surface area contributed by atoms with E-state index in [9.17, 15) is 27.5 Å². The van der Waals surface area contributed by atoms with Crippen molar-refractivity contribution >= 4 is 28.6 Å². The minimum absolute atomic E-state index is 0.00171. The molecule has 1 aliphatic carbocycles. The van der Waals surface area contributed by atoms with Crippen LogP contribution in [0.5, 0.6) is 0 Å². The van der Waals surface area contributed by atoms with E-state index in [2.05, 4.69) is 38.2 Å². The van der Waals surface area contributed by atoms with Crippen molar-refractivity contribution in [1.82, 2.24) is 15.6 Å². The molecule has 3 aromatic rings. The third-order valence-electron chi connectivity index (χ3n) is 6.76. The lowest BCUT2D eigenvalue weighted by molar-refractivity contribution is -0.137. The number of pyridine rings is 1. The minimum Gasteiger partial charge on any atom is -0.394 e. The number of carbonyl (C=O) groups is 1. The predicted molar refractivity (Wildman–Crippen MR) is 139 cm³/mol. The van der Waals surface area contributed by atoms with Crippen LogP contribution in [-0.2, 0) is 18.1 Å². The van der Waals surface area contributed by atoms with Gasteiger partial charge in [-0.1, -0.05) is 43.2 Å². The topological polar surface area (TPSA) is 74.2 Å². The van der Waals surface area contributed by atoms with Crippen LogP contribution >= 0.6 is 22.6 Å². The van der Waals surface area contributed by atoms with Gasteiger partial charge in [0.15, 0.2) is 0 Å². The number of hydrogen-bond acceptors (Lipinski definition) is 3. The third-order valence-corrected chi connectivity index (χ3v) is 7.40. The van der Waals surface area contributed by atoms with Crippen LogP contribution in [0.1, 0.15) is 48.1 Å². The predicted octanol–water partition coefficient (Wildman–Crippen LogP) is 5.93. The molecule has 5 nitrogen and oxygen atoms in total. The smallest absolute Gasteiger partial charge is 0.394 e. The van der Waals surface area contributed by atoms with Gasteiger partial charge >= 0.3 is 12.2 Å². The SMILES string of the molecule is O=C(NC1(CO)CCCC1)N[C@](Cc1ccccc1)(c1cc(F)cc(C(F)(F)F)c1)c1ccc(I)cn1. The Morgan fingerprint density at radius 2 is 1.70 bits per heavy atom. The molecule has 0 saturated heterocycles. The van der Waals surface area contributed by atoms with Gasteiger partial charge in [-0.05, 0) is 76.9 Å². The molecular weight excluding hydrogens is 601 g/mol. The van der Waals surface area contributed by atoms with Crippen LogP contribution in [-0.4, -0.2) is 28.3 Å². The minimum atomic E-state index is -4.80. The van der Waals surface area contributed by atoms with Gasteiger partial charge in [0.2, 0.25) is 0 Å². The van der Waals surface area contributed by atoms with Gasteiger partial charge in [0.1, 0.15) is 11.4 Å². The number of rotatable bonds is 7. The summed E-state index contributed by atoms with van der Waals surface area (Å²) in [5, 5.41) is 15.7. The molecule has 0 bridgehead atoms. The van der Waals surface area contributed by atoms with Gasteiger partial charge in [-0.25, -0.2) is 9.18 Å². The highest BCUT2D eigenvalue weighted by Gasteiger charge is 2.42. The molecule has 1 atom stereocenters. The molecule has 0 radical (unpaired) electrons. The maximum Gasteiger partial charge on any atom is 0.416 e. The number of hydrogen-bond donors (Lipinski definition) is 3. The van der Waals surface area contributed by atoms with Gasteiger partial charge in [-0.2, -0.15) is 13.2 Å². The van der Waals surface area contributed by atoms with E-state index in [1.807, 2.05) is 0 Å². The Hall–Kier alpha value is -2.73. The second kappa shape index (κ2) is 10.9. The number of nitrogens with zero attached hydrogens (tertiary/aromatic N) is 1. The van der Waals surface area contributed by atoms with Crippen LogP contribution in [0.3, 0.4) is 0 Å². The molecule has 1 heterocycles. The van der Waals surface area contributed by atoms with Crippen molar-refractivity contribution in [2.24, 2.45) is 0 Å². The first-order valence-corrected chi connectivity index (χ1v) is 12.9. The van der Waals surface area contributed by atoms with E-state index in [1.54, 1.807) is 42.5 Å². The summed E-state index contributed by atoms with van der Waals surface area (Å²) in [4.78, 5) is 17.9. The average molecular weight is 627 g/mol. The number of nitrogens with one attached hydrogen (secondary N) is 2. The lowest BCUT2D eigenvalue weighted by Gasteiger charge is -2.37. The van der Waals surface area contributed by atoms with Gasteiger partial charge < -0.3 is 15.7 Å². The van der Waals surface area contributed by atoms with Crippen molar-refractivity contribution < 1.29 is 27.5 Å². The summed E-state index contributed by atoms with van der Waals surface area (Å²) < 4.78 is 56.7. The summed E-state index contributed by atoms with van der Waals surface area (Å²) in [6, 6.07) is 13.8. The van der Waals surface area contributed by atoms with E-state index in [1.165, 1.54) is 6.20 Å². The molecule has 0 spiro atoms. The fourth-order valence-corrected chi connectivity index (χ4v) is 5.21. The normalized spacial score (nSPS) is 16.7. The van der Waals surface area contributed by atoms with E-state index in [0.717, 1.165) is 28.5 Å². The molecule has 4 rings (SSSR count). The summed E-state index contributed by atoms with van der Waals surface area (Å²) in [7, 11) is 0. The molecule has 1 saturated carbocycles. The van der Waals surface area contributed by atoms with Crippen LogP contribution < -0.4 is 10.6 Å². The fourth-order valence-electron chi connectivity index (χ4n) is 4.89. The van der Waals surface area contributed by atoms with Crippen molar-refractivity contribution in [2.45, 2.75) is 49.4 Å². The molecule has 196 valence electrons. The van der Waals surface area contributed by atoms with E-state index in [4.69, 9.17) is 0 Å². The number of aliphatic hydroxyl groups is 1. The quantitative estimate of drug-likeness (QED) is 0.225. The fraction of sp³-hybridized carbons (Fsp3) is 0.333. The standard InChI is InChI=1S/C27H26F4IN3O2/c28-21-13-19(12-20(14-21)27(29,30)31)26(15-18-6-2-1-3-7-18,23-9-8-22(32)16-33-23)35-24(37)34-25(17-36)10-4-5-11-25/h1-3,6-9,12-14,16,36H,4-5,10-11,15,17H2,(H2,34,35,37)/t26-/m1/s1. The van der Waals surface area contributed by atoms with E-state index >= 15 is 0 Å². The highest BCUT2D eigenvalue weighted by atomic mass is 127. The number of benzene rings is 2. The number of alkyl halides is 3. The van der Waals surface area contributed by atoms with Crippen LogP contribution in [0, 0.1) is 9.39 Å². The van der Waals surface area contributed by atoms with Crippen LogP contribution in [0.4, 0.5) is 22.4 Å². The maximum absolute atomic E-state index is 14.7. The summed E-state index contributed by atoms with van der Waals surface area (Å²) in [6.45, 7) is -0.272. The molecule has 10 heteroatoms. The van der Waals surface area contributed by atoms with Crippen molar-refractivity contribution in [3.63, 3.8) is 0 Å². The molecule has 3 N–H and O–H groups in total. The van der Waals surface area contributed by atoms with E-state index in [0.29, 0.717) is 24.5 Å². The molecule has 0 unspecified atom stereocenters. The Bertz CT molecular complexity index is 1230. The Kier molecular flexibility index (Phi) is 8.08. The van der Waals surface area contributed by atoms with Gasteiger partial charge in [0, 0.05) is 16.2 Å². The first-order valence-electron chi connectivity index (χ1n) is 11.8. The Morgan fingerprint density at radius 1 is 1.03 bits per heavy atom. The lowest BCUT2D eigenvalue weighted by atomic mass is 9.79. The zero-order valence-corrected chi connectivity index (χ0v) is 21.9. The molecule has 1 aliphatic rings. The van der Waals surface area contributed by atoms with Gasteiger partial charge in [-0.15, -0.1) is 0 Å². The van der Waals surface area contributed by atoms with Crippen molar-refractivity contribution in [3.05, 3.63) is 98.6 Å². The number of amides is 2. The Morgan fingerprint density at radius 3 is 2.30 bits per heavy atom. The van der Waals surface area contributed by atoms with Gasteiger partial charge in [0.05, 0.1) is 23.4 Å². The van der Waals surface area contributed by atoms with Crippen LogP contribution in [0.2, 0.25) is 0 Å². The van der Waals surface area contributed by atoms with Crippen molar-refractivity contribution in [1.29, 1.82) is 0 Å². The number of halogens is 5. The van der Waals surface area contributed by atoms with Gasteiger partial charge in [-0.3, -0.25) is 4.98 Å². The first-order chi connectivity index (χ1) is 17.6. The number of carbonyl (C=O) groups excluding carboxylic acids is 1. The van der Waals surface area contributed by atoms with Gasteiger partial charge in [0.25, 0.3) is 0 Å². The molecular formula is C27H26F4IN3O2. The monoisotopic (exact) mass is 627 g/mol. The highest BCUT2D eigenvalue weighted by Crippen LogP contribution is 2.38. The Balaban J connectivity index is 1.90. The molecule has 37 heavy (non-hydrogen) atoms. The van der Waals surface area contributed by atoms with Crippen molar-refractivity contribution in [2.75, 3.05) is 6.61 Å². The Labute approximate surface area is 225 Å².